The van der Waals surface area contributed by atoms with Gasteiger partial charge in [-0.25, -0.2) is 0 Å². The molecule has 0 aliphatic carbocycles. The van der Waals surface area contributed by atoms with Crippen LogP contribution in [0.4, 0.5) is 0 Å². The predicted octanol–water partition coefficient (Wildman–Crippen LogP) is 2.15. The molecule has 2 N–H and O–H groups in total. The number of benzene rings is 1. The zero-order valence-corrected chi connectivity index (χ0v) is 11.2. The number of aliphatic hydroxyl groups is 1. The molecular weight excluding hydrogens is 226 g/mol. The van der Waals surface area contributed by atoms with Gasteiger partial charge in [-0.3, -0.25) is 0 Å². The van der Waals surface area contributed by atoms with E-state index in [9.17, 15) is 5.11 Å². The van der Waals surface area contributed by atoms with Gasteiger partial charge < -0.3 is 15.2 Å². The predicted molar refractivity (Wildman–Crippen MR) is 75.0 cm³/mol. The number of nitrogens with one attached hydrogen (secondary N) is 1. The Morgan fingerprint density at radius 2 is 2.00 bits per heavy atom. The Bertz CT molecular complexity index is 346. The molecule has 0 unspecified atom stereocenters. The molecule has 0 heterocycles. The van der Waals surface area contributed by atoms with Crippen LogP contribution in [0.2, 0.25) is 0 Å². The summed E-state index contributed by atoms with van der Waals surface area (Å²) in [7, 11) is 0. The summed E-state index contributed by atoms with van der Waals surface area (Å²) in [6.07, 6.45) is 2.25. The molecule has 0 fully saturated rings. The van der Waals surface area contributed by atoms with Crippen molar-refractivity contribution in [1.82, 2.24) is 5.32 Å². The fourth-order valence-corrected chi connectivity index (χ4v) is 1.51. The number of allylic oxidation sites excluding steroid dienone is 1. The van der Waals surface area contributed by atoms with E-state index in [0.29, 0.717) is 19.2 Å². The van der Waals surface area contributed by atoms with Crippen LogP contribution in [0.1, 0.15) is 19.4 Å². The van der Waals surface area contributed by atoms with Crippen LogP contribution in [0.25, 0.3) is 0 Å². The monoisotopic (exact) mass is 249 g/mol. The van der Waals surface area contributed by atoms with Gasteiger partial charge in [-0.1, -0.05) is 32.1 Å². The van der Waals surface area contributed by atoms with Crippen molar-refractivity contribution in [2.45, 2.75) is 32.4 Å². The van der Waals surface area contributed by atoms with E-state index in [1.54, 1.807) is 0 Å². The fraction of sp³-hybridized carbons (Fsp3) is 0.467. The SMILES string of the molecule is C=CCc1ccc(OC[C@H](O)CNC(C)C)cc1. The number of hydrogen-bond acceptors (Lipinski definition) is 3. The van der Waals surface area contributed by atoms with E-state index in [1.165, 1.54) is 5.56 Å². The minimum Gasteiger partial charge on any atom is -0.491 e. The molecule has 100 valence electrons. The van der Waals surface area contributed by atoms with Crippen LogP contribution in [-0.2, 0) is 6.42 Å². The Labute approximate surface area is 109 Å². The van der Waals surface area contributed by atoms with E-state index >= 15 is 0 Å². The molecule has 18 heavy (non-hydrogen) atoms. The molecule has 3 nitrogen and oxygen atoms in total. The second-order valence-corrected chi connectivity index (χ2v) is 4.66. The van der Waals surface area contributed by atoms with Crippen molar-refractivity contribution in [1.29, 1.82) is 0 Å². The summed E-state index contributed by atoms with van der Waals surface area (Å²) >= 11 is 0. The van der Waals surface area contributed by atoms with Crippen molar-refractivity contribution in [3.05, 3.63) is 42.5 Å². The third-order valence-electron chi connectivity index (χ3n) is 2.51. The van der Waals surface area contributed by atoms with Gasteiger partial charge in [0.2, 0.25) is 0 Å². The first-order chi connectivity index (χ1) is 8.61. The lowest BCUT2D eigenvalue weighted by Gasteiger charge is -2.15. The summed E-state index contributed by atoms with van der Waals surface area (Å²) in [5, 5.41) is 12.9. The van der Waals surface area contributed by atoms with Gasteiger partial charge in [0.1, 0.15) is 18.5 Å². The van der Waals surface area contributed by atoms with Crippen LogP contribution in [0.15, 0.2) is 36.9 Å². The maximum absolute atomic E-state index is 9.70. The third-order valence-corrected chi connectivity index (χ3v) is 2.51. The lowest BCUT2D eigenvalue weighted by atomic mass is 10.1. The first-order valence-corrected chi connectivity index (χ1v) is 6.36. The zero-order chi connectivity index (χ0) is 13.4. The molecule has 0 aliphatic heterocycles. The van der Waals surface area contributed by atoms with Gasteiger partial charge in [-0.15, -0.1) is 6.58 Å². The van der Waals surface area contributed by atoms with Crippen LogP contribution in [0, 0.1) is 0 Å². The minimum atomic E-state index is -0.486. The number of aliphatic hydroxyl groups excluding tert-OH is 1. The Morgan fingerprint density at radius 3 is 2.56 bits per heavy atom. The average molecular weight is 249 g/mol. The zero-order valence-electron chi connectivity index (χ0n) is 11.2. The molecular formula is C15H23NO2. The maximum atomic E-state index is 9.70. The molecule has 1 atom stereocenters. The molecule has 0 amide bonds. The molecule has 0 aromatic heterocycles. The molecule has 0 radical (unpaired) electrons. The first-order valence-electron chi connectivity index (χ1n) is 6.36. The lowest BCUT2D eigenvalue weighted by Crippen LogP contribution is -2.35. The van der Waals surface area contributed by atoms with Gasteiger partial charge in [-0.2, -0.15) is 0 Å². The van der Waals surface area contributed by atoms with Crippen LogP contribution in [-0.4, -0.2) is 30.4 Å². The van der Waals surface area contributed by atoms with E-state index in [4.69, 9.17) is 4.74 Å². The molecule has 0 bridgehead atoms. The second-order valence-electron chi connectivity index (χ2n) is 4.66. The molecule has 1 rings (SSSR count). The highest BCUT2D eigenvalue weighted by atomic mass is 16.5. The highest BCUT2D eigenvalue weighted by Gasteiger charge is 2.05. The summed E-state index contributed by atoms with van der Waals surface area (Å²) in [4.78, 5) is 0. The molecule has 0 spiro atoms. The van der Waals surface area contributed by atoms with E-state index in [1.807, 2.05) is 44.2 Å². The standard InChI is InChI=1S/C15H23NO2/c1-4-5-13-6-8-15(9-7-13)18-11-14(17)10-16-12(2)3/h4,6-9,12,14,16-17H,1,5,10-11H2,2-3H3/t14-/m1/s1. The van der Waals surface area contributed by atoms with Gasteiger partial charge in [0.25, 0.3) is 0 Å². The first kappa shape index (κ1) is 14.7. The molecule has 0 aliphatic rings. The van der Waals surface area contributed by atoms with E-state index in [2.05, 4.69) is 11.9 Å². The third kappa shape index (κ3) is 5.84. The maximum Gasteiger partial charge on any atom is 0.119 e. The highest BCUT2D eigenvalue weighted by molar-refractivity contribution is 5.28. The Morgan fingerprint density at radius 1 is 1.33 bits per heavy atom. The van der Waals surface area contributed by atoms with Crippen molar-refractivity contribution in [2.75, 3.05) is 13.2 Å². The molecule has 0 saturated heterocycles. The van der Waals surface area contributed by atoms with E-state index in [-0.39, 0.29) is 0 Å². The smallest absolute Gasteiger partial charge is 0.119 e. The quantitative estimate of drug-likeness (QED) is 0.694. The Kier molecular flexibility index (Phi) is 6.47. The molecule has 1 aromatic rings. The van der Waals surface area contributed by atoms with E-state index in [0.717, 1.165) is 12.2 Å². The average Bonchev–Trinajstić information content (AvgIpc) is 2.36. The topological polar surface area (TPSA) is 41.5 Å². The minimum absolute atomic E-state index is 0.306. The summed E-state index contributed by atoms with van der Waals surface area (Å²) in [6, 6.07) is 8.23. The van der Waals surface area contributed by atoms with Crippen molar-refractivity contribution >= 4 is 0 Å². The second kappa shape index (κ2) is 7.90. The number of hydrogen-bond donors (Lipinski definition) is 2. The summed E-state index contributed by atoms with van der Waals surface area (Å²) in [5.41, 5.74) is 1.21. The number of rotatable bonds is 8. The van der Waals surface area contributed by atoms with Gasteiger partial charge in [0.15, 0.2) is 0 Å². The van der Waals surface area contributed by atoms with Gasteiger partial charge >= 0.3 is 0 Å². The van der Waals surface area contributed by atoms with Crippen LogP contribution in [0.5, 0.6) is 5.75 Å². The lowest BCUT2D eigenvalue weighted by molar-refractivity contribution is 0.104. The van der Waals surface area contributed by atoms with Crippen LogP contribution >= 0.6 is 0 Å². The van der Waals surface area contributed by atoms with Crippen molar-refractivity contribution in [2.24, 2.45) is 0 Å². The van der Waals surface area contributed by atoms with Crippen molar-refractivity contribution in [3.63, 3.8) is 0 Å². The summed E-state index contributed by atoms with van der Waals surface area (Å²) < 4.78 is 5.52. The number of ether oxygens (including phenoxy) is 1. The van der Waals surface area contributed by atoms with Crippen molar-refractivity contribution < 1.29 is 9.84 Å². The fourth-order valence-electron chi connectivity index (χ4n) is 1.51. The van der Waals surface area contributed by atoms with E-state index < -0.39 is 6.10 Å². The van der Waals surface area contributed by atoms with Crippen LogP contribution < -0.4 is 10.1 Å². The van der Waals surface area contributed by atoms with Gasteiger partial charge in [-0.05, 0) is 24.1 Å². The highest BCUT2D eigenvalue weighted by Crippen LogP contribution is 2.12. The van der Waals surface area contributed by atoms with Crippen LogP contribution in [0.3, 0.4) is 0 Å². The van der Waals surface area contributed by atoms with Gasteiger partial charge in [0.05, 0.1) is 0 Å². The van der Waals surface area contributed by atoms with Gasteiger partial charge in [0, 0.05) is 12.6 Å². The summed E-state index contributed by atoms with van der Waals surface area (Å²) in [5.74, 6) is 0.784. The normalized spacial score (nSPS) is 12.4. The Balaban J connectivity index is 2.31. The largest absolute Gasteiger partial charge is 0.491 e. The molecule has 1 aromatic carbocycles. The van der Waals surface area contributed by atoms with Crippen molar-refractivity contribution in [3.8, 4) is 5.75 Å². The molecule has 0 saturated carbocycles. The Hall–Kier alpha value is -1.32. The summed E-state index contributed by atoms with van der Waals surface area (Å²) in [6.45, 7) is 8.65. The molecule has 3 heteroatoms.